The molecule has 4 nitrogen and oxygen atoms in total. The van der Waals surface area contributed by atoms with Gasteiger partial charge in [-0.2, -0.15) is 0 Å². The number of rotatable bonds is 1. The zero-order valence-corrected chi connectivity index (χ0v) is 10.7. The number of fused-ring (bicyclic) bond motifs is 1. The van der Waals surface area contributed by atoms with Gasteiger partial charge in [-0.25, -0.2) is 0 Å². The summed E-state index contributed by atoms with van der Waals surface area (Å²) in [6.07, 6.45) is 3.16. The highest BCUT2D eigenvalue weighted by molar-refractivity contribution is 6.31. The molecular formula is C14H10ClNO3. The summed E-state index contributed by atoms with van der Waals surface area (Å²) in [4.78, 5) is 25.8. The summed E-state index contributed by atoms with van der Waals surface area (Å²) in [6.45, 7) is 0.357. The molecule has 1 aliphatic rings. The van der Waals surface area contributed by atoms with Crippen molar-refractivity contribution in [3.05, 3.63) is 52.9 Å². The monoisotopic (exact) mass is 275 g/mol. The van der Waals surface area contributed by atoms with Crippen molar-refractivity contribution in [1.29, 1.82) is 0 Å². The summed E-state index contributed by atoms with van der Waals surface area (Å²) in [5.74, 6) is -0.160. The molecule has 2 heterocycles. The Balaban J connectivity index is 2.06. The predicted molar refractivity (Wildman–Crippen MR) is 70.8 cm³/mol. The van der Waals surface area contributed by atoms with Gasteiger partial charge < -0.3 is 9.32 Å². The van der Waals surface area contributed by atoms with Gasteiger partial charge in [0.2, 0.25) is 0 Å². The second kappa shape index (κ2) is 4.55. The van der Waals surface area contributed by atoms with Gasteiger partial charge in [-0.15, -0.1) is 0 Å². The second-order valence-electron chi connectivity index (χ2n) is 4.30. The maximum absolute atomic E-state index is 12.4. The van der Waals surface area contributed by atoms with Crippen LogP contribution in [0, 0.1) is 0 Å². The van der Waals surface area contributed by atoms with E-state index in [1.165, 1.54) is 12.5 Å². The van der Waals surface area contributed by atoms with Gasteiger partial charge >= 0.3 is 0 Å². The maximum atomic E-state index is 12.4. The van der Waals surface area contributed by atoms with Crippen LogP contribution in [0.4, 0.5) is 5.69 Å². The molecule has 1 aliphatic heterocycles. The number of halogens is 1. The van der Waals surface area contributed by atoms with Crippen LogP contribution in [-0.2, 0) is 0 Å². The standard InChI is InChI=1S/C14H10ClNO3/c15-10-1-2-11-12(7-10)16(5-3-13(11)17)14(18)9-4-6-19-8-9/h1-2,4,6-8H,3,5H2. The van der Waals surface area contributed by atoms with Crippen LogP contribution in [0.2, 0.25) is 5.02 Å². The van der Waals surface area contributed by atoms with E-state index >= 15 is 0 Å². The van der Waals surface area contributed by atoms with Crippen LogP contribution in [0.3, 0.4) is 0 Å². The molecule has 0 radical (unpaired) electrons. The molecule has 96 valence electrons. The second-order valence-corrected chi connectivity index (χ2v) is 4.74. The molecule has 0 atom stereocenters. The molecule has 19 heavy (non-hydrogen) atoms. The molecule has 0 spiro atoms. The van der Waals surface area contributed by atoms with E-state index < -0.39 is 0 Å². The number of hydrogen-bond donors (Lipinski definition) is 0. The fourth-order valence-electron chi connectivity index (χ4n) is 2.19. The minimum absolute atomic E-state index is 0.0305. The topological polar surface area (TPSA) is 50.5 Å². The van der Waals surface area contributed by atoms with Gasteiger partial charge in [-0.3, -0.25) is 9.59 Å². The molecule has 1 aromatic carbocycles. The summed E-state index contributed by atoms with van der Waals surface area (Å²) in [6, 6.07) is 6.56. The highest BCUT2D eigenvalue weighted by Gasteiger charge is 2.28. The predicted octanol–water partition coefficient (Wildman–Crippen LogP) is 3.17. The van der Waals surface area contributed by atoms with Crippen molar-refractivity contribution >= 4 is 29.0 Å². The van der Waals surface area contributed by atoms with Crippen LogP contribution >= 0.6 is 11.6 Å². The van der Waals surface area contributed by atoms with Crippen molar-refractivity contribution in [3.8, 4) is 0 Å². The van der Waals surface area contributed by atoms with Crippen LogP contribution in [0.15, 0.2) is 41.2 Å². The van der Waals surface area contributed by atoms with Gasteiger partial charge in [-0.1, -0.05) is 11.6 Å². The summed E-state index contributed by atoms with van der Waals surface area (Å²) < 4.78 is 4.92. The SMILES string of the molecule is O=C1CCN(C(=O)c2ccoc2)c2cc(Cl)ccc21. The lowest BCUT2D eigenvalue weighted by Gasteiger charge is -2.28. The molecule has 0 aliphatic carbocycles. The molecule has 2 aromatic rings. The molecule has 0 N–H and O–H groups in total. The van der Waals surface area contributed by atoms with Gasteiger partial charge in [0, 0.05) is 23.6 Å². The molecule has 5 heteroatoms. The number of hydrogen-bond acceptors (Lipinski definition) is 3. The van der Waals surface area contributed by atoms with Crippen LogP contribution in [0.5, 0.6) is 0 Å². The van der Waals surface area contributed by atoms with Crippen molar-refractivity contribution in [2.75, 3.05) is 11.4 Å². The quantitative estimate of drug-likeness (QED) is 0.803. The number of carbonyl (C=O) groups excluding carboxylic acids is 2. The van der Waals surface area contributed by atoms with E-state index in [1.54, 1.807) is 29.2 Å². The Bertz CT molecular complexity index is 649. The third kappa shape index (κ3) is 2.04. The number of furan rings is 1. The molecule has 3 rings (SSSR count). The highest BCUT2D eigenvalue weighted by Crippen LogP contribution is 2.31. The Morgan fingerprint density at radius 3 is 2.89 bits per heavy atom. The van der Waals surface area contributed by atoms with Crippen LogP contribution in [0.25, 0.3) is 0 Å². The van der Waals surface area contributed by atoms with Gasteiger partial charge in [0.1, 0.15) is 6.26 Å². The lowest BCUT2D eigenvalue weighted by atomic mass is 10.00. The Hall–Kier alpha value is -2.07. The summed E-state index contributed by atoms with van der Waals surface area (Å²) in [5, 5.41) is 0.499. The molecular weight excluding hydrogens is 266 g/mol. The number of ketones is 1. The minimum atomic E-state index is -0.190. The smallest absolute Gasteiger partial charge is 0.261 e. The molecule has 1 amide bonds. The van der Waals surface area contributed by atoms with Crippen molar-refractivity contribution < 1.29 is 14.0 Å². The summed E-state index contributed by atoms with van der Waals surface area (Å²) >= 11 is 5.95. The van der Waals surface area contributed by atoms with E-state index in [4.69, 9.17) is 16.0 Å². The van der Waals surface area contributed by atoms with Crippen LogP contribution in [-0.4, -0.2) is 18.2 Å². The van der Waals surface area contributed by atoms with E-state index in [2.05, 4.69) is 0 Å². The highest BCUT2D eigenvalue weighted by atomic mass is 35.5. The molecule has 0 unspecified atom stereocenters. The normalized spacial score (nSPS) is 14.4. The van der Waals surface area contributed by atoms with Crippen LogP contribution in [0.1, 0.15) is 27.1 Å². The Labute approximate surface area is 114 Å². The Morgan fingerprint density at radius 2 is 2.16 bits per heavy atom. The third-order valence-electron chi connectivity index (χ3n) is 3.13. The average Bonchev–Trinajstić information content (AvgIpc) is 2.92. The summed E-state index contributed by atoms with van der Waals surface area (Å²) in [7, 11) is 0. The van der Waals surface area contributed by atoms with Crippen molar-refractivity contribution in [2.24, 2.45) is 0 Å². The number of amides is 1. The number of benzene rings is 1. The first-order valence-corrected chi connectivity index (χ1v) is 6.21. The fraction of sp³-hybridized carbons (Fsp3) is 0.143. The Morgan fingerprint density at radius 1 is 1.32 bits per heavy atom. The van der Waals surface area contributed by atoms with Crippen molar-refractivity contribution in [2.45, 2.75) is 6.42 Å². The number of nitrogens with zero attached hydrogens (tertiary/aromatic N) is 1. The van der Waals surface area contributed by atoms with E-state index in [9.17, 15) is 9.59 Å². The lowest BCUT2D eigenvalue weighted by Crippen LogP contribution is -2.37. The molecule has 0 saturated heterocycles. The van der Waals surface area contributed by atoms with Crippen molar-refractivity contribution in [1.82, 2.24) is 0 Å². The minimum Gasteiger partial charge on any atom is -0.472 e. The Kier molecular flexibility index (Phi) is 2.87. The molecule has 0 fully saturated rings. The van der Waals surface area contributed by atoms with Gasteiger partial charge in [0.05, 0.1) is 17.5 Å². The van der Waals surface area contributed by atoms with E-state index in [1.807, 2.05) is 0 Å². The maximum Gasteiger partial charge on any atom is 0.261 e. The first kappa shape index (κ1) is 12.0. The zero-order chi connectivity index (χ0) is 13.4. The van der Waals surface area contributed by atoms with Gasteiger partial charge in [-0.05, 0) is 24.3 Å². The fourth-order valence-corrected chi connectivity index (χ4v) is 2.35. The molecule has 1 aromatic heterocycles. The summed E-state index contributed by atoms with van der Waals surface area (Å²) in [5.41, 5.74) is 1.56. The third-order valence-corrected chi connectivity index (χ3v) is 3.36. The first-order valence-electron chi connectivity index (χ1n) is 5.83. The van der Waals surface area contributed by atoms with E-state index in [-0.39, 0.29) is 11.7 Å². The number of Topliss-reactive ketones (excluding diaryl/α,β-unsaturated/α-hetero) is 1. The zero-order valence-electron chi connectivity index (χ0n) is 9.93. The average molecular weight is 276 g/mol. The number of anilines is 1. The van der Waals surface area contributed by atoms with Crippen molar-refractivity contribution in [3.63, 3.8) is 0 Å². The number of carbonyl (C=O) groups is 2. The molecule has 0 bridgehead atoms. The van der Waals surface area contributed by atoms with Gasteiger partial charge in [0.15, 0.2) is 5.78 Å². The lowest BCUT2D eigenvalue weighted by molar-refractivity contribution is 0.0955. The first-order chi connectivity index (χ1) is 9.16. The van der Waals surface area contributed by atoms with E-state index in [0.29, 0.717) is 34.8 Å². The van der Waals surface area contributed by atoms with E-state index in [0.717, 1.165) is 0 Å². The largest absolute Gasteiger partial charge is 0.472 e. The van der Waals surface area contributed by atoms with Crippen LogP contribution < -0.4 is 4.90 Å². The van der Waals surface area contributed by atoms with Gasteiger partial charge in [0.25, 0.3) is 5.91 Å². The molecule has 0 saturated carbocycles.